The molecule has 1 heterocycles. The van der Waals surface area contributed by atoms with Gasteiger partial charge in [-0.3, -0.25) is 0 Å². The lowest BCUT2D eigenvalue weighted by molar-refractivity contribution is 0.373. The van der Waals surface area contributed by atoms with Gasteiger partial charge in [0.2, 0.25) is 0 Å². The van der Waals surface area contributed by atoms with Gasteiger partial charge < -0.3 is 10.1 Å². The average molecular weight is 340 g/mol. The average Bonchev–Trinajstić information content (AvgIpc) is 2.38. The molecule has 0 aliphatic carbocycles. The summed E-state index contributed by atoms with van der Waals surface area (Å²) in [6.07, 6.45) is 4.95. The van der Waals surface area contributed by atoms with Gasteiger partial charge in [0.05, 0.1) is 7.11 Å². The quantitative estimate of drug-likeness (QED) is 0.878. The van der Waals surface area contributed by atoms with Gasteiger partial charge in [-0.2, -0.15) is 0 Å². The summed E-state index contributed by atoms with van der Waals surface area (Å²) in [6, 6.07) is 4.99. The minimum atomic E-state index is 0.0872. The Hall–Kier alpha value is -0.540. The number of hydrogen-bond acceptors (Lipinski definition) is 2. The van der Waals surface area contributed by atoms with Crippen LogP contribution in [0.3, 0.4) is 0 Å². The molecule has 1 N–H and O–H groups in total. The topological polar surface area (TPSA) is 21.3 Å². The zero-order valence-corrected chi connectivity index (χ0v) is 14.6. The predicted molar refractivity (Wildman–Crippen MR) is 88.7 cm³/mol. The van der Waals surface area contributed by atoms with E-state index in [1.165, 1.54) is 30.4 Å². The van der Waals surface area contributed by atoms with Crippen molar-refractivity contribution in [2.45, 2.75) is 57.9 Å². The molecule has 0 spiro atoms. The van der Waals surface area contributed by atoms with Gasteiger partial charge in [0.1, 0.15) is 5.75 Å². The molecular weight excluding hydrogens is 314 g/mol. The normalized spacial score (nSPS) is 19.9. The van der Waals surface area contributed by atoms with Crippen LogP contribution in [0.5, 0.6) is 5.75 Å². The number of ether oxygens (including phenoxy) is 1. The third kappa shape index (κ3) is 3.76. The van der Waals surface area contributed by atoms with E-state index in [4.69, 9.17) is 4.74 Å². The molecule has 1 aliphatic heterocycles. The molecule has 0 aromatic heterocycles. The van der Waals surface area contributed by atoms with Crippen LogP contribution < -0.4 is 10.1 Å². The van der Waals surface area contributed by atoms with E-state index in [-0.39, 0.29) is 5.41 Å². The first kappa shape index (κ1) is 15.8. The van der Waals surface area contributed by atoms with Gasteiger partial charge in [-0.05, 0) is 48.9 Å². The maximum absolute atomic E-state index is 5.75. The van der Waals surface area contributed by atoms with E-state index in [2.05, 4.69) is 54.2 Å². The Morgan fingerprint density at radius 1 is 1.30 bits per heavy atom. The van der Waals surface area contributed by atoms with Crippen LogP contribution in [0.15, 0.2) is 16.6 Å². The van der Waals surface area contributed by atoms with Crippen molar-refractivity contribution < 1.29 is 4.74 Å². The van der Waals surface area contributed by atoms with Gasteiger partial charge in [-0.1, -0.05) is 43.1 Å². The first-order valence-electron chi connectivity index (χ1n) is 7.52. The van der Waals surface area contributed by atoms with Crippen LogP contribution in [0.4, 0.5) is 0 Å². The van der Waals surface area contributed by atoms with Crippen molar-refractivity contribution in [2.24, 2.45) is 0 Å². The Bertz CT molecular complexity index is 459. The summed E-state index contributed by atoms with van der Waals surface area (Å²) in [5.41, 5.74) is 2.68. The summed E-state index contributed by atoms with van der Waals surface area (Å²) < 4.78 is 6.90. The fraction of sp³-hybridized carbons (Fsp3) is 0.647. The zero-order chi connectivity index (χ0) is 14.8. The molecule has 0 radical (unpaired) electrons. The van der Waals surface area contributed by atoms with Gasteiger partial charge in [-0.25, -0.2) is 0 Å². The monoisotopic (exact) mass is 339 g/mol. The van der Waals surface area contributed by atoms with Gasteiger partial charge in [-0.15, -0.1) is 0 Å². The van der Waals surface area contributed by atoms with Crippen LogP contribution in [0.1, 0.15) is 51.2 Å². The lowest BCUT2D eigenvalue weighted by atomic mass is 9.84. The van der Waals surface area contributed by atoms with Crippen LogP contribution in [-0.2, 0) is 11.8 Å². The summed E-state index contributed by atoms with van der Waals surface area (Å²) in [5.74, 6) is 1.06. The highest BCUT2D eigenvalue weighted by atomic mass is 79.9. The van der Waals surface area contributed by atoms with E-state index < -0.39 is 0 Å². The fourth-order valence-electron chi connectivity index (χ4n) is 2.96. The number of benzene rings is 1. The number of nitrogens with one attached hydrogen (secondary N) is 1. The molecule has 2 rings (SSSR count). The molecule has 1 unspecified atom stereocenters. The van der Waals surface area contributed by atoms with E-state index in [0.717, 1.165) is 23.2 Å². The SMILES string of the molecule is COc1c(CC2CCCCN2)cc(Br)cc1C(C)(C)C. The van der Waals surface area contributed by atoms with Crippen LogP contribution in [0.25, 0.3) is 0 Å². The van der Waals surface area contributed by atoms with Gasteiger partial charge in [0.15, 0.2) is 0 Å². The first-order chi connectivity index (χ1) is 9.41. The Kier molecular flexibility index (Phi) is 5.14. The van der Waals surface area contributed by atoms with Gasteiger partial charge in [0, 0.05) is 16.1 Å². The predicted octanol–water partition coefficient (Wildman–Crippen LogP) is 4.44. The molecule has 1 aromatic carbocycles. The van der Waals surface area contributed by atoms with E-state index >= 15 is 0 Å². The van der Waals surface area contributed by atoms with E-state index in [9.17, 15) is 0 Å². The smallest absolute Gasteiger partial charge is 0.125 e. The molecule has 0 bridgehead atoms. The summed E-state index contributed by atoms with van der Waals surface area (Å²) in [4.78, 5) is 0. The van der Waals surface area contributed by atoms with E-state index in [1.807, 2.05) is 0 Å². The minimum absolute atomic E-state index is 0.0872. The van der Waals surface area contributed by atoms with Crippen molar-refractivity contribution in [3.8, 4) is 5.75 Å². The van der Waals surface area contributed by atoms with Crippen LogP contribution >= 0.6 is 15.9 Å². The molecule has 1 fully saturated rings. The number of piperidine rings is 1. The summed E-state index contributed by atoms with van der Waals surface area (Å²) >= 11 is 3.66. The molecule has 1 saturated heterocycles. The molecule has 112 valence electrons. The van der Waals surface area contributed by atoms with Crippen molar-refractivity contribution in [3.05, 3.63) is 27.7 Å². The fourth-order valence-corrected chi connectivity index (χ4v) is 3.47. The van der Waals surface area contributed by atoms with Gasteiger partial charge >= 0.3 is 0 Å². The lowest BCUT2D eigenvalue weighted by Gasteiger charge is -2.28. The van der Waals surface area contributed by atoms with Crippen molar-refractivity contribution >= 4 is 15.9 Å². The first-order valence-corrected chi connectivity index (χ1v) is 8.31. The summed E-state index contributed by atoms with van der Waals surface area (Å²) in [6.45, 7) is 7.85. The Morgan fingerprint density at radius 3 is 2.60 bits per heavy atom. The standard InChI is InChI=1S/C17H26BrNO/c1-17(2,3)15-11-13(18)9-12(16(15)20-4)10-14-7-5-6-8-19-14/h9,11,14,19H,5-8,10H2,1-4H3. The largest absolute Gasteiger partial charge is 0.496 e. The number of halogens is 1. The third-order valence-corrected chi connectivity index (χ3v) is 4.48. The lowest BCUT2D eigenvalue weighted by Crippen LogP contribution is -2.35. The summed E-state index contributed by atoms with van der Waals surface area (Å²) in [5, 5.41) is 3.63. The third-order valence-electron chi connectivity index (χ3n) is 4.02. The highest BCUT2D eigenvalue weighted by Crippen LogP contribution is 2.37. The van der Waals surface area contributed by atoms with Crippen molar-refractivity contribution in [3.63, 3.8) is 0 Å². The Morgan fingerprint density at radius 2 is 2.05 bits per heavy atom. The molecule has 1 aromatic rings. The molecule has 3 heteroatoms. The number of hydrogen-bond donors (Lipinski definition) is 1. The molecule has 20 heavy (non-hydrogen) atoms. The Labute approximate surface area is 131 Å². The van der Waals surface area contributed by atoms with Crippen LogP contribution in [0.2, 0.25) is 0 Å². The van der Waals surface area contributed by atoms with Crippen LogP contribution in [-0.4, -0.2) is 19.7 Å². The minimum Gasteiger partial charge on any atom is -0.496 e. The number of rotatable bonds is 3. The second-order valence-corrected chi connectivity index (χ2v) is 7.66. The van der Waals surface area contributed by atoms with E-state index in [0.29, 0.717) is 6.04 Å². The highest BCUT2D eigenvalue weighted by Gasteiger charge is 2.23. The zero-order valence-electron chi connectivity index (χ0n) is 13.1. The van der Waals surface area contributed by atoms with Crippen molar-refractivity contribution in [1.82, 2.24) is 5.32 Å². The van der Waals surface area contributed by atoms with E-state index in [1.54, 1.807) is 7.11 Å². The Balaban J connectivity index is 2.33. The number of methoxy groups -OCH3 is 1. The summed E-state index contributed by atoms with van der Waals surface area (Å²) in [7, 11) is 1.79. The maximum Gasteiger partial charge on any atom is 0.125 e. The second kappa shape index (κ2) is 6.48. The maximum atomic E-state index is 5.75. The van der Waals surface area contributed by atoms with Crippen molar-refractivity contribution in [2.75, 3.05) is 13.7 Å². The molecule has 0 amide bonds. The molecular formula is C17H26BrNO. The molecule has 0 saturated carbocycles. The molecule has 2 nitrogen and oxygen atoms in total. The highest BCUT2D eigenvalue weighted by molar-refractivity contribution is 9.10. The van der Waals surface area contributed by atoms with Crippen LogP contribution in [0, 0.1) is 0 Å². The second-order valence-electron chi connectivity index (χ2n) is 6.75. The molecule has 1 aliphatic rings. The molecule has 1 atom stereocenters. The van der Waals surface area contributed by atoms with Gasteiger partial charge in [0.25, 0.3) is 0 Å². The van der Waals surface area contributed by atoms with Crippen molar-refractivity contribution in [1.29, 1.82) is 0 Å².